The highest BCUT2D eigenvalue weighted by atomic mass is 32.2. The number of carboxylic acids is 1. The number of urea groups is 1. The number of aromatic nitrogens is 2. The van der Waals surface area contributed by atoms with Gasteiger partial charge in [-0.15, -0.1) is 0 Å². The SMILES string of the molecule is O=C(NC1CCSC1)N[C@H](Cc1cnc[nH]1)C(=O)O. The van der Waals surface area contributed by atoms with E-state index in [0.29, 0.717) is 5.69 Å². The first-order valence-corrected chi connectivity index (χ1v) is 7.15. The van der Waals surface area contributed by atoms with Crippen molar-refractivity contribution in [1.82, 2.24) is 20.6 Å². The number of hydrogen-bond donors (Lipinski definition) is 4. The fraction of sp³-hybridized carbons (Fsp3) is 0.545. The summed E-state index contributed by atoms with van der Waals surface area (Å²) < 4.78 is 0. The van der Waals surface area contributed by atoms with Crippen molar-refractivity contribution in [3.63, 3.8) is 0 Å². The molecule has 1 aliphatic heterocycles. The molecule has 4 N–H and O–H groups in total. The first-order chi connectivity index (χ1) is 9.15. The first kappa shape index (κ1) is 13.7. The Morgan fingerprint density at radius 3 is 3.05 bits per heavy atom. The first-order valence-electron chi connectivity index (χ1n) is 6.00. The van der Waals surface area contributed by atoms with Gasteiger partial charge in [-0.05, 0) is 12.2 Å². The van der Waals surface area contributed by atoms with Gasteiger partial charge in [0.05, 0.1) is 6.33 Å². The molecule has 2 rings (SSSR count). The third-order valence-electron chi connectivity index (χ3n) is 2.85. The lowest BCUT2D eigenvalue weighted by molar-refractivity contribution is -0.139. The molecule has 1 unspecified atom stereocenters. The van der Waals surface area contributed by atoms with Crippen molar-refractivity contribution >= 4 is 23.8 Å². The second-order valence-corrected chi connectivity index (χ2v) is 5.50. The van der Waals surface area contributed by atoms with Gasteiger partial charge >= 0.3 is 12.0 Å². The predicted octanol–water partition coefficient (Wildman–Crippen LogP) is 0.210. The van der Waals surface area contributed by atoms with Crippen molar-refractivity contribution in [2.75, 3.05) is 11.5 Å². The second-order valence-electron chi connectivity index (χ2n) is 4.35. The van der Waals surface area contributed by atoms with E-state index in [9.17, 15) is 9.59 Å². The number of carbonyl (C=O) groups is 2. The van der Waals surface area contributed by atoms with Crippen molar-refractivity contribution in [2.45, 2.75) is 24.9 Å². The standard InChI is InChI=1S/C11H16N4O3S/c16-10(17)9(3-8-4-12-6-13-8)15-11(18)14-7-1-2-19-5-7/h4,6-7,9H,1-3,5H2,(H,12,13)(H,16,17)(H2,14,15,18)/t7?,9-/m1/s1. The predicted molar refractivity (Wildman–Crippen MR) is 71.1 cm³/mol. The van der Waals surface area contributed by atoms with E-state index in [1.165, 1.54) is 6.33 Å². The molecule has 1 aliphatic rings. The van der Waals surface area contributed by atoms with E-state index in [0.717, 1.165) is 17.9 Å². The lowest BCUT2D eigenvalue weighted by Crippen LogP contribution is -2.49. The van der Waals surface area contributed by atoms with Crippen LogP contribution >= 0.6 is 11.8 Å². The van der Waals surface area contributed by atoms with Gasteiger partial charge in [0.1, 0.15) is 6.04 Å². The minimum Gasteiger partial charge on any atom is -0.480 e. The molecule has 2 heterocycles. The largest absolute Gasteiger partial charge is 0.480 e. The summed E-state index contributed by atoms with van der Waals surface area (Å²) in [5, 5.41) is 14.4. The van der Waals surface area contributed by atoms with Crippen LogP contribution in [0.2, 0.25) is 0 Å². The quantitative estimate of drug-likeness (QED) is 0.618. The fourth-order valence-electron chi connectivity index (χ4n) is 1.85. The molecule has 0 saturated carbocycles. The fourth-order valence-corrected chi connectivity index (χ4v) is 3.00. The van der Waals surface area contributed by atoms with E-state index in [4.69, 9.17) is 5.11 Å². The van der Waals surface area contributed by atoms with Crippen molar-refractivity contribution in [2.24, 2.45) is 0 Å². The van der Waals surface area contributed by atoms with Crippen LogP contribution < -0.4 is 10.6 Å². The van der Waals surface area contributed by atoms with Crippen LogP contribution in [0.1, 0.15) is 12.1 Å². The second kappa shape index (κ2) is 6.46. The number of aromatic amines is 1. The number of nitrogens with one attached hydrogen (secondary N) is 3. The third-order valence-corrected chi connectivity index (χ3v) is 4.01. The lowest BCUT2D eigenvalue weighted by atomic mass is 10.1. The molecule has 2 atom stereocenters. The summed E-state index contributed by atoms with van der Waals surface area (Å²) in [4.78, 5) is 29.5. The molecule has 7 nitrogen and oxygen atoms in total. The number of carboxylic acid groups (broad SMARTS) is 1. The Morgan fingerprint density at radius 1 is 1.63 bits per heavy atom. The Balaban J connectivity index is 1.85. The van der Waals surface area contributed by atoms with Crippen molar-refractivity contribution in [1.29, 1.82) is 0 Å². The maximum Gasteiger partial charge on any atom is 0.326 e. The highest BCUT2D eigenvalue weighted by Crippen LogP contribution is 2.16. The Kier molecular flexibility index (Phi) is 4.67. The normalized spacial score (nSPS) is 19.9. The minimum absolute atomic E-state index is 0.131. The zero-order chi connectivity index (χ0) is 13.7. The summed E-state index contributed by atoms with van der Waals surface area (Å²) >= 11 is 1.78. The van der Waals surface area contributed by atoms with Crippen LogP contribution in [0.4, 0.5) is 4.79 Å². The molecule has 0 bridgehead atoms. The molecule has 8 heteroatoms. The Bertz CT molecular complexity index is 431. The Labute approximate surface area is 114 Å². The molecular formula is C11H16N4O3S. The molecule has 2 amide bonds. The molecule has 1 fully saturated rings. The van der Waals surface area contributed by atoms with Crippen LogP contribution in [-0.4, -0.2) is 50.7 Å². The van der Waals surface area contributed by atoms with Gasteiger partial charge in [-0.2, -0.15) is 11.8 Å². The van der Waals surface area contributed by atoms with Gasteiger partial charge < -0.3 is 20.7 Å². The molecule has 0 radical (unpaired) electrons. The molecule has 0 spiro atoms. The summed E-state index contributed by atoms with van der Waals surface area (Å²) in [5.74, 6) is 0.846. The molecule has 0 aliphatic carbocycles. The highest BCUT2D eigenvalue weighted by molar-refractivity contribution is 7.99. The molecule has 104 valence electrons. The highest BCUT2D eigenvalue weighted by Gasteiger charge is 2.23. The molecule has 1 aromatic heterocycles. The number of nitrogens with zero attached hydrogens (tertiary/aromatic N) is 1. The van der Waals surface area contributed by atoms with Crippen LogP contribution in [0.5, 0.6) is 0 Å². The van der Waals surface area contributed by atoms with Crippen molar-refractivity contribution in [3.8, 4) is 0 Å². The minimum atomic E-state index is -1.06. The number of rotatable bonds is 5. The summed E-state index contributed by atoms with van der Waals surface area (Å²) in [7, 11) is 0. The number of amides is 2. The summed E-state index contributed by atoms with van der Waals surface area (Å²) in [6.07, 6.45) is 4.13. The Morgan fingerprint density at radius 2 is 2.47 bits per heavy atom. The average Bonchev–Trinajstić information content (AvgIpc) is 3.00. The number of imidazole rings is 1. The van der Waals surface area contributed by atoms with E-state index in [-0.39, 0.29) is 12.5 Å². The molecule has 1 saturated heterocycles. The number of carbonyl (C=O) groups excluding carboxylic acids is 1. The van der Waals surface area contributed by atoms with E-state index in [1.807, 2.05) is 0 Å². The van der Waals surface area contributed by atoms with E-state index >= 15 is 0 Å². The van der Waals surface area contributed by atoms with Crippen molar-refractivity contribution < 1.29 is 14.7 Å². The molecular weight excluding hydrogens is 268 g/mol. The number of thioether (sulfide) groups is 1. The van der Waals surface area contributed by atoms with E-state index in [1.54, 1.807) is 18.0 Å². The zero-order valence-electron chi connectivity index (χ0n) is 10.3. The molecule has 0 aromatic carbocycles. The van der Waals surface area contributed by atoms with Crippen LogP contribution in [0.15, 0.2) is 12.5 Å². The van der Waals surface area contributed by atoms with Crippen LogP contribution in [0.25, 0.3) is 0 Å². The van der Waals surface area contributed by atoms with E-state index < -0.39 is 18.0 Å². The van der Waals surface area contributed by atoms with Crippen molar-refractivity contribution in [3.05, 3.63) is 18.2 Å². The van der Waals surface area contributed by atoms with Gasteiger partial charge in [-0.25, -0.2) is 14.6 Å². The van der Waals surface area contributed by atoms with Gasteiger partial charge in [0.25, 0.3) is 0 Å². The summed E-state index contributed by atoms with van der Waals surface area (Å²) in [6, 6.07) is -1.26. The average molecular weight is 284 g/mol. The van der Waals surface area contributed by atoms with E-state index in [2.05, 4.69) is 20.6 Å². The van der Waals surface area contributed by atoms with Crippen LogP contribution in [0, 0.1) is 0 Å². The number of H-pyrrole nitrogens is 1. The lowest BCUT2D eigenvalue weighted by Gasteiger charge is -2.17. The number of hydrogen-bond acceptors (Lipinski definition) is 4. The topological polar surface area (TPSA) is 107 Å². The van der Waals surface area contributed by atoms with Gasteiger partial charge in [-0.3, -0.25) is 0 Å². The van der Waals surface area contributed by atoms with Gasteiger partial charge in [-0.1, -0.05) is 0 Å². The van der Waals surface area contributed by atoms with Gasteiger partial charge in [0.2, 0.25) is 0 Å². The monoisotopic (exact) mass is 284 g/mol. The molecule has 1 aromatic rings. The zero-order valence-corrected chi connectivity index (χ0v) is 11.1. The van der Waals surface area contributed by atoms with Crippen LogP contribution in [0.3, 0.4) is 0 Å². The van der Waals surface area contributed by atoms with Gasteiger partial charge in [0, 0.05) is 30.1 Å². The van der Waals surface area contributed by atoms with Crippen LogP contribution in [-0.2, 0) is 11.2 Å². The summed E-state index contributed by atoms with van der Waals surface area (Å²) in [5.41, 5.74) is 0.670. The Hall–Kier alpha value is -1.70. The van der Waals surface area contributed by atoms with Gasteiger partial charge in [0.15, 0.2) is 0 Å². The number of aliphatic carboxylic acids is 1. The smallest absolute Gasteiger partial charge is 0.326 e. The third kappa shape index (κ3) is 4.16. The maximum absolute atomic E-state index is 11.7. The molecule has 19 heavy (non-hydrogen) atoms. The summed E-state index contributed by atoms with van der Waals surface area (Å²) in [6.45, 7) is 0. The maximum atomic E-state index is 11.7.